The van der Waals surface area contributed by atoms with E-state index in [2.05, 4.69) is 21.4 Å². The van der Waals surface area contributed by atoms with Crippen LogP contribution in [-0.2, 0) is 17.8 Å². The lowest BCUT2D eigenvalue weighted by Crippen LogP contribution is -2.30. The lowest BCUT2D eigenvalue weighted by atomic mass is 10.1. The minimum Gasteiger partial charge on any atom is -0.362 e. The Morgan fingerprint density at radius 2 is 2.21 bits per heavy atom. The van der Waals surface area contributed by atoms with Crippen LogP contribution in [-0.4, -0.2) is 22.6 Å². The van der Waals surface area contributed by atoms with Gasteiger partial charge in [0.2, 0.25) is 5.91 Å². The monoisotopic (exact) mass is 326 g/mol. The maximum Gasteiger partial charge on any atom is 0.228 e. The number of hydrogen-bond donors (Lipinski definition) is 1. The van der Waals surface area contributed by atoms with Crippen molar-refractivity contribution in [3.63, 3.8) is 0 Å². The predicted molar refractivity (Wildman–Crippen MR) is 90.9 cm³/mol. The second kappa shape index (κ2) is 5.92. The molecule has 24 heavy (non-hydrogen) atoms. The fourth-order valence-corrected chi connectivity index (χ4v) is 3.19. The molecule has 1 fully saturated rings. The van der Waals surface area contributed by atoms with E-state index in [0.29, 0.717) is 12.4 Å². The molecule has 4 rings (SSSR count). The summed E-state index contributed by atoms with van der Waals surface area (Å²) in [6.45, 7) is 5.60. The summed E-state index contributed by atoms with van der Waals surface area (Å²) in [7, 11) is 0. The van der Waals surface area contributed by atoms with Crippen molar-refractivity contribution in [2.24, 2.45) is 5.92 Å². The van der Waals surface area contributed by atoms with Crippen molar-refractivity contribution in [1.29, 1.82) is 0 Å². The molecule has 0 aromatic carbocycles. The Labute approximate surface area is 141 Å². The summed E-state index contributed by atoms with van der Waals surface area (Å²) in [5, 5.41) is 6.95. The van der Waals surface area contributed by atoms with Gasteiger partial charge in [-0.1, -0.05) is 5.16 Å². The van der Waals surface area contributed by atoms with E-state index >= 15 is 0 Å². The number of carbonyl (C=O) groups is 1. The van der Waals surface area contributed by atoms with E-state index < -0.39 is 0 Å². The third-order valence-corrected chi connectivity index (χ3v) is 4.66. The summed E-state index contributed by atoms with van der Waals surface area (Å²) in [5.41, 5.74) is 4.09. The average Bonchev–Trinajstić information content (AvgIpc) is 3.32. The number of hydrogen-bond acceptors (Lipinski definition) is 5. The molecule has 6 heteroatoms. The molecule has 0 atom stereocenters. The van der Waals surface area contributed by atoms with Crippen LogP contribution in [0.2, 0.25) is 0 Å². The minimum absolute atomic E-state index is 0.107. The molecule has 2 aromatic rings. The summed E-state index contributed by atoms with van der Waals surface area (Å²) in [6.07, 6.45) is 3.99. The lowest BCUT2D eigenvalue weighted by molar-refractivity contribution is -0.117. The van der Waals surface area contributed by atoms with Crippen LogP contribution in [0.3, 0.4) is 0 Å². The number of nitrogens with zero attached hydrogens (tertiary/aromatic N) is 3. The van der Waals surface area contributed by atoms with Crippen LogP contribution in [0.5, 0.6) is 0 Å². The predicted octanol–water partition coefficient (Wildman–Crippen LogP) is 2.99. The van der Waals surface area contributed by atoms with Crippen molar-refractivity contribution in [2.45, 2.75) is 46.1 Å². The number of carbonyl (C=O) groups excluding carboxylic acids is 1. The second-order valence-electron chi connectivity index (χ2n) is 6.84. The molecule has 0 radical (unpaired) electrons. The van der Waals surface area contributed by atoms with Gasteiger partial charge in [0.25, 0.3) is 0 Å². The van der Waals surface area contributed by atoms with Gasteiger partial charge in [-0.15, -0.1) is 0 Å². The van der Waals surface area contributed by atoms with Gasteiger partial charge >= 0.3 is 0 Å². The molecule has 1 saturated carbocycles. The highest BCUT2D eigenvalue weighted by Gasteiger charge is 2.30. The number of rotatable bonds is 4. The standard InChI is InChI=1S/C18H22N4O2/c1-11-8-16-15(19-17(11)20-18(23)13-5-6-13)4-3-7-22(16)10-14-9-12(2)21-24-14/h8-9,13H,3-7,10H2,1-2H3,(H,19,20,23). The van der Waals surface area contributed by atoms with E-state index in [1.54, 1.807) is 0 Å². The Morgan fingerprint density at radius 3 is 2.92 bits per heavy atom. The van der Waals surface area contributed by atoms with Crippen molar-refractivity contribution >= 4 is 17.4 Å². The van der Waals surface area contributed by atoms with E-state index in [-0.39, 0.29) is 11.8 Å². The van der Waals surface area contributed by atoms with Crippen LogP contribution >= 0.6 is 0 Å². The SMILES string of the molecule is Cc1cc(CN2CCCc3nc(NC(=O)C4CC4)c(C)cc32)on1. The number of fused-ring (bicyclic) bond motifs is 1. The molecular weight excluding hydrogens is 304 g/mol. The summed E-state index contributed by atoms with van der Waals surface area (Å²) >= 11 is 0. The van der Waals surface area contributed by atoms with Gasteiger partial charge in [-0.3, -0.25) is 4.79 Å². The zero-order valence-corrected chi connectivity index (χ0v) is 14.1. The highest BCUT2D eigenvalue weighted by atomic mass is 16.5. The molecule has 1 amide bonds. The number of aryl methyl sites for hydroxylation is 3. The van der Waals surface area contributed by atoms with Crippen molar-refractivity contribution in [1.82, 2.24) is 10.1 Å². The van der Waals surface area contributed by atoms with Gasteiger partial charge in [0.1, 0.15) is 5.82 Å². The highest BCUT2D eigenvalue weighted by Crippen LogP contribution is 2.33. The van der Waals surface area contributed by atoms with E-state index in [1.807, 2.05) is 19.9 Å². The van der Waals surface area contributed by atoms with E-state index in [0.717, 1.165) is 60.6 Å². The molecule has 2 aromatic heterocycles. The number of nitrogens with one attached hydrogen (secondary N) is 1. The third-order valence-electron chi connectivity index (χ3n) is 4.66. The second-order valence-corrected chi connectivity index (χ2v) is 6.84. The first-order chi connectivity index (χ1) is 11.6. The van der Waals surface area contributed by atoms with Gasteiger partial charge in [-0.05, 0) is 51.2 Å². The smallest absolute Gasteiger partial charge is 0.228 e. The van der Waals surface area contributed by atoms with Crippen molar-refractivity contribution in [3.8, 4) is 0 Å². The fraction of sp³-hybridized carbons (Fsp3) is 0.500. The highest BCUT2D eigenvalue weighted by molar-refractivity contribution is 5.94. The molecule has 3 heterocycles. The van der Waals surface area contributed by atoms with Crippen LogP contribution in [0.25, 0.3) is 0 Å². The van der Waals surface area contributed by atoms with Gasteiger partial charge in [0, 0.05) is 18.5 Å². The van der Waals surface area contributed by atoms with E-state index in [9.17, 15) is 4.79 Å². The maximum absolute atomic E-state index is 12.0. The van der Waals surface area contributed by atoms with Gasteiger partial charge in [0.05, 0.1) is 23.6 Å². The first-order valence-electron chi connectivity index (χ1n) is 8.58. The molecule has 0 unspecified atom stereocenters. The minimum atomic E-state index is 0.107. The zero-order chi connectivity index (χ0) is 16.7. The number of pyridine rings is 1. The molecule has 1 aliphatic carbocycles. The molecule has 2 aliphatic rings. The Hall–Kier alpha value is -2.37. The number of anilines is 2. The number of amides is 1. The number of aromatic nitrogens is 2. The van der Waals surface area contributed by atoms with E-state index in [4.69, 9.17) is 9.51 Å². The molecule has 126 valence electrons. The summed E-state index contributed by atoms with van der Waals surface area (Å²) in [4.78, 5) is 19.0. The largest absolute Gasteiger partial charge is 0.362 e. The van der Waals surface area contributed by atoms with Crippen LogP contribution in [0.4, 0.5) is 11.5 Å². The topological polar surface area (TPSA) is 71.3 Å². The maximum atomic E-state index is 12.0. The van der Waals surface area contributed by atoms with Gasteiger partial charge in [-0.2, -0.15) is 0 Å². The first-order valence-corrected chi connectivity index (χ1v) is 8.58. The first kappa shape index (κ1) is 15.2. The normalized spacial score (nSPS) is 16.8. The lowest BCUT2D eigenvalue weighted by Gasteiger charge is -2.30. The van der Waals surface area contributed by atoms with Gasteiger partial charge in [-0.25, -0.2) is 4.98 Å². The molecular formula is C18H22N4O2. The Morgan fingerprint density at radius 1 is 1.38 bits per heavy atom. The molecule has 1 aliphatic heterocycles. The van der Waals surface area contributed by atoms with Gasteiger partial charge < -0.3 is 14.7 Å². The van der Waals surface area contributed by atoms with Crippen LogP contribution in [0.1, 0.15) is 42.0 Å². The Kier molecular flexibility index (Phi) is 3.75. The summed E-state index contributed by atoms with van der Waals surface area (Å²) < 4.78 is 5.35. The fourth-order valence-electron chi connectivity index (χ4n) is 3.19. The summed E-state index contributed by atoms with van der Waals surface area (Å²) in [5.74, 6) is 1.87. The molecule has 0 spiro atoms. The average molecular weight is 326 g/mol. The zero-order valence-electron chi connectivity index (χ0n) is 14.1. The quantitative estimate of drug-likeness (QED) is 0.935. The Bertz CT molecular complexity index is 779. The van der Waals surface area contributed by atoms with Crippen molar-refractivity contribution < 1.29 is 9.32 Å². The molecule has 0 saturated heterocycles. The molecule has 6 nitrogen and oxygen atoms in total. The van der Waals surface area contributed by atoms with Crippen LogP contribution in [0.15, 0.2) is 16.7 Å². The molecule has 1 N–H and O–H groups in total. The van der Waals surface area contributed by atoms with Crippen LogP contribution in [0, 0.1) is 19.8 Å². The van der Waals surface area contributed by atoms with Crippen LogP contribution < -0.4 is 10.2 Å². The van der Waals surface area contributed by atoms with Gasteiger partial charge in [0.15, 0.2) is 5.76 Å². The molecule has 0 bridgehead atoms. The Balaban J connectivity index is 1.58. The third kappa shape index (κ3) is 3.00. The summed E-state index contributed by atoms with van der Waals surface area (Å²) in [6, 6.07) is 4.10. The van der Waals surface area contributed by atoms with E-state index in [1.165, 1.54) is 0 Å². The van der Waals surface area contributed by atoms with Crippen molar-refractivity contribution in [2.75, 3.05) is 16.8 Å². The van der Waals surface area contributed by atoms with Crippen molar-refractivity contribution in [3.05, 3.63) is 34.8 Å².